The molecule has 1 unspecified atom stereocenters. The highest BCUT2D eigenvalue weighted by atomic mass is 35.5. The number of aromatic nitrogens is 3. The summed E-state index contributed by atoms with van der Waals surface area (Å²) in [6.07, 6.45) is 8.08. The first-order chi connectivity index (χ1) is 17.6. The molecule has 1 aliphatic carbocycles. The summed E-state index contributed by atoms with van der Waals surface area (Å²) in [7, 11) is 0. The maximum absolute atomic E-state index is 14.1. The van der Waals surface area contributed by atoms with E-state index in [-0.39, 0.29) is 24.2 Å². The summed E-state index contributed by atoms with van der Waals surface area (Å²) in [4.78, 5) is 20.6. The molecule has 1 atom stereocenters. The highest BCUT2D eigenvalue weighted by Gasteiger charge is 2.32. The third kappa shape index (κ3) is 6.03. The Kier molecular flexibility index (Phi) is 8.62. The van der Waals surface area contributed by atoms with Gasteiger partial charge in [-0.15, -0.1) is 12.4 Å². The predicted molar refractivity (Wildman–Crippen MR) is 148 cm³/mol. The normalized spacial score (nSPS) is 14.5. The number of anilines is 1. The summed E-state index contributed by atoms with van der Waals surface area (Å²) >= 11 is 0. The summed E-state index contributed by atoms with van der Waals surface area (Å²) in [6.45, 7) is 5.18. The van der Waals surface area contributed by atoms with Gasteiger partial charge in [-0.25, -0.2) is 0 Å². The van der Waals surface area contributed by atoms with Crippen molar-refractivity contribution in [3.8, 4) is 5.75 Å². The van der Waals surface area contributed by atoms with E-state index >= 15 is 0 Å². The number of nitrogens with zero attached hydrogens (tertiary/aromatic N) is 3. The van der Waals surface area contributed by atoms with Crippen LogP contribution in [0.5, 0.6) is 5.75 Å². The minimum atomic E-state index is -0.231. The lowest BCUT2D eigenvalue weighted by Crippen LogP contribution is -2.36. The zero-order valence-electron chi connectivity index (χ0n) is 21.3. The van der Waals surface area contributed by atoms with Crippen LogP contribution in [0.25, 0.3) is 0 Å². The number of ether oxygens (including phenoxy) is 1. The number of fused-ring (bicyclic) bond motifs is 1. The van der Waals surface area contributed by atoms with Crippen LogP contribution in [0.15, 0.2) is 79.3 Å². The number of amides is 1. The molecule has 37 heavy (non-hydrogen) atoms. The van der Waals surface area contributed by atoms with E-state index in [1.54, 1.807) is 6.20 Å². The van der Waals surface area contributed by atoms with Gasteiger partial charge in [-0.1, -0.05) is 56.3 Å². The maximum atomic E-state index is 14.1. The van der Waals surface area contributed by atoms with Crippen LogP contribution in [-0.2, 0) is 24.4 Å². The van der Waals surface area contributed by atoms with Crippen molar-refractivity contribution in [2.75, 3.05) is 4.90 Å². The molecule has 2 heterocycles. The molecule has 2 aromatic heterocycles. The van der Waals surface area contributed by atoms with E-state index in [1.807, 2.05) is 59.8 Å². The van der Waals surface area contributed by atoms with Crippen molar-refractivity contribution in [3.63, 3.8) is 0 Å². The fourth-order valence-electron chi connectivity index (χ4n) is 4.87. The Balaban J connectivity index is 0.00000320. The Labute approximate surface area is 224 Å². The highest BCUT2D eigenvalue weighted by Crippen LogP contribution is 2.39. The molecule has 2 aromatic carbocycles. The van der Waals surface area contributed by atoms with Gasteiger partial charge in [-0.05, 0) is 60.1 Å². The zero-order valence-corrected chi connectivity index (χ0v) is 22.1. The highest BCUT2D eigenvalue weighted by molar-refractivity contribution is 5.98. The van der Waals surface area contributed by atoms with Crippen molar-refractivity contribution in [2.24, 2.45) is 0 Å². The maximum Gasteiger partial charge on any atom is 0.234 e. The van der Waals surface area contributed by atoms with Crippen LogP contribution in [-0.4, -0.2) is 21.1 Å². The van der Waals surface area contributed by atoms with Gasteiger partial charge in [0.2, 0.25) is 5.91 Å². The largest absolute Gasteiger partial charge is 0.489 e. The Bertz CT molecular complexity index is 1290. The first-order valence-corrected chi connectivity index (χ1v) is 12.6. The lowest BCUT2D eigenvalue weighted by molar-refractivity contribution is -0.120. The molecule has 6 nitrogen and oxygen atoms in total. The van der Waals surface area contributed by atoms with Gasteiger partial charge in [0.25, 0.3) is 0 Å². The van der Waals surface area contributed by atoms with E-state index in [0.29, 0.717) is 19.1 Å². The molecule has 0 radical (unpaired) electrons. The molecule has 0 spiro atoms. The van der Waals surface area contributed by atoms with Gasteiger partial charge in [0, 0.05) is 17.5 Å². The van der Waals surface area contributed by atoms with Crippen LogP contribution in [0, 0.1) is 0 Å². The second-order valence-corrected chi connectivity index (χ2v) is 9.67. The molecule has 192 valence electrons. The van der Waals surface area contributed by atoms with Gasteiger partial charge in [0.05, 0.1) is 30.5 Å². The number of aromatic amines is 1. The fraction of sp³-hybridized carbons (Fsp3) is 0.300. The third-order valence-electron chi connectivity index (χ3n) is 6.84. The third-order valence-corrected chi connectivity index (χ3v) is 6.84. The van der Waals surface area contributed by atoms with E-state index < -0.39 is 0 Å². The molecule has 0 saturated heterocycles. The molecule has 1 N–H and O–H groups in total. The number of carbonyl (C=O) groups is 1. The molecule has 0 bridgehead atoms. The average Bonchev–Trinajstić information content (AvgIpc) is 3.44. The molecule has 0 saturated carbocycles. The summed E-state index contributed by atoms with van der Waals surface area (Å²) < 4.78 is 6.24. The van der Waals surface area contributed by atoms with Gasteiger partial charge in [-0.2, -0.15) is 5.10 Å². The smallest absolute Gasteiger partial charge is 0.234 e. The summed E-state index contributed by atoms with van der Waals surface area (Å²) in [6, 6.07) is 20.3. The molecule has 1 amide bonds. The monoisotopic (exact) mass is 516 g/mol. The van der Waals surface area contributed by atoms with Crippen molar-refractivity contribution in [1.82, 2.24) is 15.2 Å². The lowest BCUT2D eigenvalue weighted by Gasteiger charge is -2.31. The quantitative estimate of drug-likeness (QED) is 0.287. The van der Waals surface area contributed by atoms with E-state index in [2.05, 4.69) is 47.2 Å². The van der Waals surface area contributed by atoms with Gasteiger partial charge >= 0.3 is 0 Å². The molecule has 0 aliphatic heterocycles. The first kappa shape index (κ1) is 26.4. The molecule has 1 aliphatic rings. The van der Waals surface area contributed by atoms with Crippen LogP contribution in [0.2, 0.25) is 0 Å². The van der Waals surface area contributed by atoms with E-state index in [1.165, 1.54) is 0 Å². The number of carbonyl (C=O) groups excluding carboxylic acids is 1. The number of hydrogen-bond acceptors (Lipinski definition) is 4. The fourth-order valence-corrected chi connectivity index (χ4v) is 4.87. The summed E-state index contributed by atoms with van der Waals surface area (Å²) in [5, 5.41) is 6.94. The number of benzene rings is 2. The zero-order chi connectivity index (χ0) is 24.9. The molecular formula is C30H33ClN4O2. The number of nitrogens with one attached hydrogen (secondary N) is 1. The van der Waals surface area contributed by atoms with Gasteiger partial charge < -0.3 is 9.64 Å². The molecule has 7 heteroatoms. The Morgan fingerprint density at radius 1 is 1.05 bits per heavy atom. The molecule has 0 fully saturated rings. The molecule has 5 rings (SSSR count). The Morgan fingerprint density at radius 3 is 2.59 bits per heavy atom. The number of rotatable bonds is 8. The Hall–Kier alpha value is -3.64. The van der Waals surface area contributed by atoms with Crippen LogP contribution >= 0.6 is 12.4 Å². The van der Waals surface area contributed by atoms with Crippen LogP contribution < -0.4 is 9.64 Å². The second kappa shape index (κ2) is 12.1. The van der Waals surface area contributed by atoms with Crippen molar-refractivity contribution >= 4 is 24.0 Å². The van der Waals surface area contributed by atoms with Crippen molar-refractivity contribution in [1.29, 1.82) is 0 Å². The second-order valence-electron chi connectivity index (χ2n) is 9.67. The Morgan fingerprint density at radius 2 is 1.89 bits per heavy atom. The minimum Gasteiger partial charge on any atom is -0.489 e. The number of pyridine rings is 1. The molecular weight excluding hydrogens is 484 g/mol. The lowest BCUT2D eigenvalue weighted by atomic mass is 9.81. The van der Waals surface area contributed by atoms with Crippen LogP contribution in [0.1, 0.15) is 66.5 Å². The van der Waals surface area contributed by atoms with E-state index in [4.69, 9.17) is 4.74 Å². The predicted octanol–water partition coefficient (Wildman–Crippen LogP) is 6.58. The average molecular weight is 517 g/mol. The first-order valence-electron chi connectivity index (χ1n) is 12.6. The number of hydrogen-bond donors (Lipinski definition) is 1. The van der Waals surface area contributed by atoms with Gasteiger partial charge in [0.15, 0.2) is 0 Å². The van der Waals surface area contributed by atoms with Crippen molar-refractivity contribution in [2.45, 2.75) is 58.1 Å². The van der Waals surface area contributed by atoms with Crippen molar-refractivity contribution < 1.29 is 9.53 Å². The van der Waals surface area contributed by atoms with Crippen LogP contribution in [0.4, 0.5) is 5.69 Å². The standard InChI is InChI=1S/C30H32N4O2.ClH/c1-21(2)28-15-14-24(18-31-28)34(19-23-16-32-33-17-23)30(35)27-12-6-11-26-25(27)10-7-13-29(26)36-20-22-8-4-3-5-9-22;/h3-5,7-10,13-18,21,27H,6,11-12,19-20H2,1-2H3,(H,32,33);1H. The topological polar surface area (TPSA) is 71.1 Å². The minimum absolute atomic E-state index is 0. The van der Waals surface area contributed by atoms with Crippen molar-refractivity contribution in [3.05, 3.63) is 107 Å². The van der Waals surface area contributed by atoms with Gasteiger partial charge in [-0.3, -0.25) is 14.9 Å². The van der Waals surface area contributed by atoms with E-state index in [0.717, 1.165) is 58.6 Å². The number of H-pyrrole nitrogens is 1. The summed E-state index contributed by atoms with van der Waals surface area (Å²) in [5.74, 6) is 1.05. The molecule has 4 aromatic rings. The van der Waals surface area contributed by atoms with Crippen LogP contribution in [0.3, 0.4) is 0 Å². The van der Waals surface area contributed by atoms with E-state index in [9.17, 15) is 4.79 Å². The SMILES string of the molecule is CC(C)c1ccc(N(Cc2cn[nH]c2)C(=O)C2CCCc3c(OCc4ccccc4)cccc32)cn1.Cl. The number of halogens is 1. The summed E-state index contributed by atoms with van der Waals surface area (Å²) in [5.41, 5.74) is 6.11. The van der Waals surface area contributed by atoms with Gasteiger partial charge in [0.1, 0.15) is 12.4 Å².